The first-order chi connectivity index (χ1) is 9.49. The number of carbonyl (C=O) groups excluding carboxylic acids is 1. The summed E-state index contributed by atoms with van der Waals surface area (Å²) in [4.78, 5) is 14.2. The van der Waals surface area contributed by atoms with E-state index in [-0.39, 0.29) is 5.91 Å². The summed E-state index contributed by atoms with van der Waals surface area (Å²) in [6.07, 6.45) is 0. The zero-order valence-corrected chi connectivity index (χ0v) is 12.9. The molecular weight excluding hydrogens is 318 g/mol. The molecule has 0 atom stereocenters. The number of hydrogen-bond acceptors (Lipinski definition) is 3. The van der Waals surface area contributed by atoms with E-state index in [4.69, 9.17) is 5.73 Å². The molecule has 0 heterocycles. The number of hydrogen-bond donors (Lipinski definition) is 2. The van der Waals surface area contributed by atoms with Crippen LogP contribution in [0.1, 0.15) is 10.4 Å². The quantitative estimate of drug-likeness (QED) is 0.847. The van der Waals surface area contributed by atoms with Crippen LogP contribution in [0.15, 0.2) is 46.9 Å². The van der Waals surface area contributed by atoms with Crippen molar-refractivity contribution >= 4 is 38.9 Å². The Bertz CT molecular complexity index is 641. The maximum atomic E-state index is 12.3. The third-order valence-electron chi connectivity index (χ3n) is 2.87. The van der Waals surface area contributed by atoms with Crippen molar-refractivity contribution in [3.8, 4) is 0 Å². The Morgan fingerprint density at radius 3 is 2.55 bits per heavy atom. The normalized spacial score (nSPS) is 10.2. The van der Waals surface area contributed by atoms with E-state index in [1.807, 2.05) is 49.3 Å². The van der Waals surface area contributed by atoms with Gasteiger partial charge < -0.3 is 16.0 Å². The van der Waals surface area contributed by atoms with Crippen LogP contribution in [-0.4, -0.2) is 20.0 Å². The summed E-state index contributed by atoms with van der Waals surface area (Å²) >= 11 is 3.38. The number of nitrogens with two attached hydrogens (primary N) is 1. The van der Waals surface area contributed by atoms with Crippen molar-refractivity contribution in [2.24, 2.45) is 0 Å². The lowest BCUT2D eigenvalue weighted by Crippen LogP contribution is -2.17. The minimum atomic E-state index is -0.175. The predicted molar refractivity (Wildman–Crippen MR) is 87.3 cm³/mol. The highest BCUT2D eigenvalue weighted by atomic mass is 79.9. The third kappa shape index (κ3) is 3.11. The van der Waals surface area contributed by atoms with Gasteiger partial charge >= 0.3 is 0 Å². The lowest BCUT2D eigenvalue weighted by Gasteiger charge is -2.18. The van der Waals surface area contributed by atoms with Crippen molar-refractivity contribution in [2.45, 2.75) is 0 Å². The van der Waals surface area contributed by atoms with Gasteiger partial charge in [-0.25, -0.2) is 0 Å². The van der Waals surface area contributed by atoms with E-state index in [0.717, 1.165) is 10.2 Å². The summed E-state index contributed by atoms with van der Waals surface area (Å²) in [6.45, 7) is 0. The van der Waals surface area contributed by atoms with Crippen LogP contribution >= 0.6 is 15.9 Å². The minimum Gasteiger partial charge on any atom is -0.399 e. The van der Waals surface area contributed by atoms with Gasteiger partial charge in [-0.15, -0.1) is 0 Å². The van der Waals surface area contributed by atoms with Crippen molar-refractivity contribution < 1.29 is 4.79 Å². The Morgan fingerprint density at radius 1 is 1.20 bits per heavy atom. The van der Waals surface area contributed by atoms with Crippen LogP contribution in [0.25, 0.3) is 0 Å². The van der Waals surface area contributed by atoms with Crippen molar-refractivity contribution in [1.29, 1.82) is 0 Å². The molecule has 0 saturated carbocycles. The summed E-state index contributed by atoms with van der Waals surface area (Å²) in [7, 11) is 3.83. The monoisotopic (exact) mass is 333 g/mol. The summed E-state index contributed by atoms with van der Waals surface area (Å²) in [6, 6.07) is 12.7. The van der Waals surface area contributed by atoms with Crippen molar-refractivity contribution in [2.75, 3.05) is 30.0 Å². The van der Waals surface area contributed by atoms with E-state index >= 15 is 0 Å². The first kappa shape index (κ1) is 14.4. The molecular formula is C15H16BrN3O. The van der Waals surface area contributed by atoms with E-state index in [1.54, 1.807) is 12.1 Å². The lowest BCUT2D eigenvalue weighted by molar-refractivity contribution is 0.102. The number of amides is 1. The molecule has 104 valence electrons. The number of nitrogens with zero attached hydrogens (tertiary/aromatic N) is 1. The maximum absolute atomic E-state index is 12.3. The van der Waals surface area contributed by atoms with Gasteiger partial charge in [0.05, 0.1) is 16.9 Å². The highest BCUT2D eigenvalue weighted by Crippen LogP contribution is 2.28. The van der Waals surface area contributed by atoms with Crippen LogP contribution in [0.5, 0.6) is 0 Å². The van der Waals surface area contributed by atoms with Crippen molar-refractivity contribution in [3.63, 3.8) is 0 Å². The smallest absolute Gasteiger partial charge is 0.256 e. The number of nitrogens with one attached hydrogen (secondary N) is 1. The van der Waals surface area contributed by atoms with Crippen LogP contribution in [0.2, 0.25) is 0 Å². The van der Waals surface area contributed by atoms with Gasteiger partial charge in [0.2, 0.25) is 0 Å². The highest BCUT2D eigenvalue weighted by molar-refractivity contribution is 9.10. The first-order valence-corrected chi connectivity index (χ1v) is 6.91. The second kappa shape index (κ2) is 5.96. The van der Waals surface area contributed by atoms with Crippen molar-refractivity contribution in [1.82, 2.24) is 0 Å². The van der Waals surface area contributed by atoms with Gasteiger partial charge in [-0.05, 0) is 46.3 Å². The standard InChI is InChI=1S/C15H16BrN3O/c1-19(2)14-8-7-10(17)9-13(14)18-15(20)11-5-3-4-6-12(11)16/h3-9H,17H2,1-2H3,(H,18,20). The molecule has 0 aliphatic carbocycles. The number of rotatable bonds is 3. The number of halogens is 1. The topological polar surface area (TPSA) is 58.4 Å². The SMILES string of the molecule is CN(C)c1ccc(N)cc1NC(=O)c1ccccc1Br. The largest absolute Gasteiger partial charge is 0.399 e. The molecule has 0 unspecified atom stereocenters. The van der Waals surface area contributed by atoms with Gasteiger partial charge in [0, 0.05) is 24.3 Å². The Morgan fingerprint density at radius 2 is 1.90 bits per heavy atom. The van der Waals surface area contributed by atoms with E-state index in [1.165, 1.54) is 0 Å². The molecule has 0 bridgehead atoms. The van der Waals surface area contributed by atoms with Crippen LogP contribution in [0, 0.1) is 0 Å². The molecule has 0 radical (unpaired) electrons. The number of carbonyl (C=O) groups is 1. The van der Waals surface area contributed by atoms with Gasteiger partial charge in [0.15, 0.2) is 0 Å². The molecule has 0 saturated heterocycles. The van der Waals surface area contributed by atoms with Gasteiger partial charge in [-0.1, -0.05) is 12.1 Å². The highest BCUT2D eigenvalue weighted by Gasteiger charge is 2.12. The molecule has 0 aliphatic heterocycles. The van der Waals surface area contributed by atoms with Crippen LogP contribution < -0.4 is 16.0 Å². The maximum Gasteiger partial charge on any atom is 0.256 e. The Labute approximate surface area is 126 Å². The zero-order chi connectivity index (χ0) is 14.7. The lowest BCUT2D eigenvalue weighted by atomic mass is 10.2. The van der Waals surface area contributed by atoms with Crippen molar-refractivity contribution in [3.05, 3.63) is 52.5 Å². The number of nitrogen functional groups attached to an aromatic ring is 1. The minimum absolute atomic E-state index is 0.175. The van der Waals surface area contributed by atoms with Crippen LogP contribution in [0.4, 0.5) is 17.1 Å². The van der Waals surface area contributed by atoms with Gasteiger partial charge in [-0.3, -0.25) is 4.79 Å². The van der Waals surface area contributed by atoms with E-state index in [9.17, 15) is 4.79 Å². The molecule has 2 rings (SSSR count). The van der Waals surface area contributed by atoms with Gasteiger partial charge in [-0.2, -0.15) is 0 Å². The van der Waals surface area contributed by atoms with E-state index in [2.05, 4.69) is 21.2 Å². The van der Waals surface area contributed by atoms with Crippen LogP contribution in [-0.2, 0) is 0 Å². The fraction of sp³-hybridized carbons (Fsp3) is 0.133. The second-order valence-electron chi connectivity index (χ2n) is 4.60. The molecule has 0 aromatic heterocycles. The molecule has 2 aromatic carbocycles. The number of benzene rings is 2. The fourth-order valence-electron chi connectivity index (χ4n) is 1.88. The third-order valence-corrected chi connectivity index (χ3v) is 3.56. The average molecular weight is 334 g/mol. The predicted octanol–water partition coefficient (Wildman–Crippen LogP) is 3.35. The Hall–Kier alpha value is -2.01. The summed E-state index contributed by atoms with van der Waals surface area (Å²) in [5, 5.41) is 2.90. The van der Waals surface area contributed by atoms with E-state index in [0.29, 0.717) is 16.9 Å². The second-order valence-corrected chi connectivity index (χ2v) is 5.46. The Balaban J connectivity index is 2.33. The van der Waals surface area contributed by atoms with Gasteiger partial charge in [0.25, 0.3) is 5.91 Å². The molecule has 3 N–H and O–H groups in total. The molecule has 2 aromatic rings. The van der Waals surface area contributed by atoms with Gasteiger partial charge in [0.1, 0.15) is 0 Å². The molecule has 0 fully saturated rings. The summed E-state index contributed by atoms with van der Waals surface area (Å²) in [5.41, 5.74) is 8.58. The summed E-state index contributed by atoms with van der Waals surface area (Å²) in [5.74, 6) is -0.175. The zero-order valence-electron chi connectivity index (χ0n) is 11.4. The Kier molecular flexibility index (Phi) is 4.29. The average Bonchev–Trinajstić information content (AvgIpc) is 2.38. The molecule has 0 spiro atoms. The molecule has 20 heavy (non-hydrogen) atoms. The molecule has 5 heteroatoms. The molecule has 1 amide bonds. The van der Waals surface area contributed by atoms with E-state index < -0.39 is 0 Å². The van der Waals surface area contributed by atoms with Crippen LogP contribution in [0.3, 0.4) is 0 Å². The number of anilines is 3. The fourth-order valence-corrected chi connectivity index (χ4v) is 2.34. The molecule has 4 nitrogen and oxygen atoms in total. The summed E-state index contributed by atoms with van der Waals surface area (Å²) < 4.78 is 0.757. The first-order valence-electron chi connectivity index (χ1n) is 6.12. The molecule has 0 aliphatic rings.